The summed E-state index contributed by atoms with van der Waals surface area (Å²) < 4.78 is 0. The van der Waals surface area contributed by atoms with Gasteiger partial charge in [-0.2, -0.15) is 0 Å². The Balaban J connectivity index is 2.37. The maximum Gasteiger partial charge on any atom is 0.220 e. The fourth-order valence-corrected chi connectivity index (χ4v) is 3.68. The van der Waals surface area contributed by atoms with Gasteiger partial charge >= 0.3 is 0 Å². The van der Waals surface area contributed by atoms with Crippen LogP contribution >= 0.6 is 0 Å². The number of carbonyl (C=O) groups excluding carboxylic acids is 2. The van der Waals surface area contributed by atoms with Crippen LogP contribution in [0, 0.1) is 0 Å². The minimum Gasteiger partial charge on any atom is -0.352 e. The summed E-state index contributed by atoms with van der Waals surface area (Å²) in [6.07, 6.45) is 8.82. The standard InChI is InChI=1S/C28H48N2O2/c1-27(2,3)23-18-22(19-24(20-23)28(4,5)6)21-30-26(32)16-12-11-15-25(31)14-10-8-7-9-13-17-29/h18-20H,7-17,21,29H2,1-6H3,(H,30,32). The number of Topliss-reactive ketones (excluding diaryl/α,β-unsaturated/α-hetero) is 1. The lowest BCUT2D eigenvalue weighted by Crippen LogP contribution is -2.24. The van der Waals surface area contributed by atoms with Crippen LogP contribution in [0.25, 0.3) is 0 Å². The Morgan fingerprint density at radius 2 is 1.19 bits per heavy atom. The summed E-state index contributed by atoms with van der Waals surface area (Å²) in [7, 11) is 0. The Morgan fingerprint density at radius 1 is 0.719 bits per heavy atom. The first-order valence-electron chi connectivity index (χ1n) is 12.6. The number of hydrogen-bond donors (Lipinski definition) is 2. The van der Waals surface area contributed by atoms with E-state index in [0.29, 0.717) is 31.6 Å². The van der Waals surface area contributed by atoms with Gasteiger partial charge in [-0.15, -0.1) is 0 Å². The third kappa shape index (κ3) is 11.8. The summed E-state index contributed by atoms with van der Waals surface area (Å²) >= 11 is 0. The van der Waals surface area contributed by atoms with Gasteiger partial charge in [0.05, 0.1) is 0 Å². The minimum atomic E-state index is 0.0656. The molecule has 182 valence electrons. The summed E-state index contributed by atoms with van der Waals surface area (Å²) in [4.78, 5) is 24.3. The number of ketones is 1. The van der Waals surface area contributed by atoms with Crippen LogP contribution in [0.4, 0.5) is 0 Å². The average Bonchev–Trinajstić information content (AvgIpc) is 2.70. The number of benzene rings is 1. The number of nitrogens with one attached hydrogen (secondary N) is 1. The molecule has 0 aromatic heterocycles. The van der Waals surface area contributed by atoms with E-state index < -0.39 is 0 Å². The van der Waals surface area contributed by atoms with E-state index in [1.165, 1.54) is 17.5 Å². The van der Waals surface area contributed by atoms with Crippen molar-refractivity contribution in [2.45, 2.75) is 123 Å². The number of amides is 1. The van der Waals surface area contributed by atoms with Crippen LogP contribution in [0.5, 0.6) is 0 Å². The van der Waals surface area contributed by atoms with E-state index in [-0.39, 0.29) is 16.7 Å². The van der Waals surface area contributed by atoms with Gasteiger partial charge in [0, 0.05) is 25.8 Å². The van der Waals surface area contributed by atoms with Crippen LogP contribution in [-0.2, 0) is 27.0 Å². The highest BCUT2D eigenvalue weighted by atomic mass is 16.1. The number of unbranched alkanes of at least 4 members (excludes halogenated alkanes) is 5. The Hall–Kier alpha value is -1.68. The van der Waals surface area contributed by atoms with Crippen LogP contribution in [0.3, 0.4) is 0 Å². The van der Waals surface area contributed by atoms with Crippen molar-refractivity contribution in [1.82, 2.24) is 5.32 Å². The van der Waals surface area contributed by atoms with Gasteiger partial charge in [0.1, 0.15) is 5.78 Å². The first kappa shape index (κ1) is 28.4. The first-order chi connectivity index (χ1) is 14.9. The molecule has 0 heterocycles. The van der Waals surface area contributed by atoms with Crippen molar-refractivity contribution >= 4 is 11.7 Å². The van der Waals surface area contributed by atoms with Crippen molar-refractivity contribution in [3.05, 3.63) is 34.9 Å². The Bertz CT molecular complexity index is 679. The van der Waals surface area contributed by atoms with E-state index in [1.54, 1.807) is 0 Å². The predicted octanol–water partition coefficient (Wildman–Crippen LogP) is 6.33. The van der Waals surface area contributed by atoms with Gasteiger partial charge in [-0.3, -0.25) is 9.59 Å². The number of hydrogen-bond acceptors (Lipinski definition) is 3. The number of carbonyl (C=O) groups is 2. The highest BCUT2D eigenvalue weighted by Gasteiger charge is 2.20. The fourth-order valence-electron chi connectivity index (χ4n) is 3.68. The van der Waals surface area contributed by atoms with E-state index in [0.717, 1.165) is 50.6 Å². The molecule has 0 bridgehead atoms. The van der Waals surface area contributed by atoms with Gasteiger partial charge in [-0.25, -0.2) is 0 Å². The molecule has 0 radical (unpaired) electrons. The summed E-state index contributed by atoms with van der Waals surface area (Å²) in [5.41, 5.74) is 9.37. The molecule has 1 rings (SSSR count). The van der Waals surface area contributed by atoms with Crippen LogP contribution in [-0.4, -0.2) is 18.2 Å². The van der Waals surface area contributed by atoms with Crippen LogP contribution in [0.1, 0.15) is 122 Å². The van der Waals surface area contributed by atoms with Gasteiger partial charge in [0.2, 0.25) is 5.91 Å². The fraction of sp³-hybridized carbons (Fsp3) is 0.714. The lowest BCUT2D eigenvalue weighted by Gasteiger charge is -2.26. The average molecular weight is 445 g/mol. The molecule has 0 atom stereocenters. The van der Waals surface area contributed by atoms with Gasteiger partial charge in [-0.1, -0.05) is 79.0 Å². The molecule has 1 aromatic rings. The van der Waals surface area contributed by atoms with Crippen molar-refractivity contribution in [3.8, 4) is 0 Å². The zero-order chi connectivity index (χ0) is 24.2. The minimum absolute atomic E-state index is 0.0656. The maximum absolute atomic E-state index is 12.3. The largest absolute Gasteiger partial charge is 0.352 e. The number of nitrogens with two attached hydrogens (primary N) is 1. The molecule has 0 saturated heterocycles. The summed E-state index contributed by atoms with van der Waals surface area (Å²) in [6.45, 7) is 14.6. The summed E-state index contributed by atoms with van der Waals surface area (Å²) in [5, 5.41) is 3.07. The molecule has 32 heavy (non-hydrogen) atoms. The molecular weight excluding hydrogens is 396 g/mol. The molecular formula is C28H48N2O2. The topological polar surface area (TPSA) is 72.2 Å². The molecule has 0 saturated carbocycles. The molecule has 0 spiro atoms. The van der Waals surface area contributed by atoms with Gasteiger partial charge < -0.3 is 11.1 Å². The molecule has 0 unspecified atom stereocenters. The molecule has 4 nitrogen and oxygen atoms in total. The maximum atomic E-state index is 12.3. The normalized spacial score (nSPS) is 12.1. The van der Waals surface area contributed by atoms with Crippen LogP contribution in [0.15, 0.2) is 18.2 Å². The van der Waals surface area contributed by atoms with E-state index in [1.807, 2.05) is 0 Å². The van der Waals surface area contributed by atoms with Gasteiger partial charge in [0.15, 0.2) is 0 Å². The lowest BCUT2D eigenvalue weighted by atomic mass is 9.79. The molecule has 0 aliphatic rings. The molecule has 0 aliphatic heterocycles. The van der Waals surface area contributed by atoms with Crippen molar-refractivity contribution in [1.29, 1.82) is 0 Å². The third-order valence-corrected chi connectivity index (χ3v) is 5.98. The van der Waals surface area contributed by atoms with Crippen LogP contribution < -0.4 is 11.1 Å². The van der Waals surface area contributed by atoms with Crippen molar-refractivity contribution in [2.24, 2.45) is 5.73 Å². The summed E-state index contributed by atoms with van der Waals surface area (Å²) in [5.74, 6) is 0.397. The molecule has 1 amide bonds. The highest BCUT2D eigenvalue weighted by Crippen LogP contribution is 2.30. The Kier molecular flexibility index (Phi) is 12.2. The summed E-state index contributed by atoms with van der Waals surface area (Å²) in [6, 6.07) is 6.72. The lowest BCUT2D eigenvalue weighted by molar-refractivity contribution is -0.122. The second-order valence-corrected chi connectivity index (χ2v) is 11.2. The van der Waals surface area contributed by atoms with Gasteiger partial charge in [-0.05, 0) is 59.7 Å². The molecule has 3 N–H and O–H groups in total. The SMILES string of the molecule is CC(C)(C)c1cc(CNC(=O)CCCCC(=O)CCCCCCCN)cc(C(C)(C)C)c1. The predicted molar refractivity (Wildman–Crippen MR) is 136 cm³/mol. The van der Waals surface area contributed by atoms with Gasteiger partial charge in [0.25, 0.3) is 0 Å². The Morgan fingerprint density at radius 3 is 1.72 bits per heavy atom. The second kappa shape index (κ2) is 13.8. The zero-order valence-electron chi connectivity index (χ0n) is 21.6. The van der Waals surface area contributed by atoms with Crippen molar-refractivity contribution in [3.63, 3.8) is 0 Å². The highest BCUT2D eigenvalue weighted by molar-refractivity contribution is 5.78. The molecule has 1 aromatic carbocycles. The van der Waals surface area contributed by atoms with Crippen molar-refractivity contribution in [2.75, 3.05) is 6.54 Å². The molecule has 4 heteroatoms. The molecule has 0 aliphatic carbocycles. The van der Waals surface area contributed by atoms with Crippen molar-refractivity contribution < 1.29 is 9.59 Å². The smallest absolute Gasteiger partial charge is 0.220 e. The number of rotatable bonds is 14. The third-order valence-electron chi connectivity index (χ3n) is 5.98. The van der Waals surface area contributed by atoms with E-state index in [2.05, 4.69) is 65.1 Å². The van der Waals surface area contributed by atoms with E-state index >= 15 is 0 Å². The van der Waals surface area contributed by atoms with E-state index in [4.69, 9.17) is 5.73 Å². The zero-order valence-corrected chi connectivity index (χ0v) is 21.6. The molecule has 0 fully saturated rings. The Labute approximate surface area is 197 Å². The van der Waals surface area contributed by atoms with E-state index in [9.17, 15) is 9.59 Å². The quantitative estimate of drug-likeness (QED) is 0.329. The van der Waals surface area contributed by atoms with Crippen LogP contribution in [0.2, 0.25) is 0 Å². The first-order valence-corrected chi connectivity index (χ1v) is 12.6. The second-order valence-electron chi connectivity index (χ2n) is 11.2. The monoisotopic (exact) mass is 444 g/mol.